The van der Waals surface area contributed by atoms with Crippen LogP contribution in [0.4, 0.5) is 17.6 Å². The lowest BCUT2D eigenvalue weighted by Crippen LogP contribution is -2.48. The van der Waals surface area contributed by atoms with Gasteiger partial charge < -0.3 is 9.73 Å². The summed E-state index contributed by atoms with van der Waals surface area (Å²) in [6.07, 6.45) is 1.32. The van der Waals surface area contributed by atoms with E-state index in [-0.39, 0.29) is 29.8 Å². The zero-order valence-electron chi connectivity index (χ0n) is 20.7. The molecule has 210 valence electrons. The van der Waals surface area contributed by atoms with Gasteiger partial charge in [0.15, 0.2) is 0 Å². The molecular weight excluding hydrogens is 554 g/mol. The van der Waals surface area contributed by atoms with Gasteiger partial charge in [-0.25, -0.2) is 26.2 Å². The van der Waals surface area contributed by atoms with E-state index in [1.165, 1.54) is 31.3 Å². The number of rotatable bonds is 10. The molecule has 9 nitrogen and oxygen atoms in total. The monoisotopic (exact) mass is 581 g/mol. The molecule has 15 heteroatoms. The van der Waals surface area contributed by atoms with Gasteiger partial charge >= 0.3 is 5.51 Å². The number of hydrogen-bond acceptors (Lipinski definition) is 7. The van der Waals surface area contributed by atoms with Crippen LogP contribution < -0.4 is 16.1 Å². The topological polar surface area (TPSA) is 126 Å². The van der Waals surface area contributed by atoms with Crippen LogP contribution in [0.3, 0.4) is 0 Å². The van der Waals surface area contributed by atoms with Gasteiger partial charge in [-0.2, -0.15) is 17.5 Å². The lowest BCUT2D eigenvalue weighted by molar-refractivity contribution is -0.0435. The van der Waals surface area contributed by atoms with Crippen molar-refractivity contribution in [2.24, 2.45) is 10.9 Å². The summed E-state index contributed by atoms with van der Waals surface area (Å²) in [6, 6.07) is 5.21. The van der Waals surface area contributed by atoms with Crippen LogP contribution in [0.15, 0.2) is 33.7 Å². The minimum absolute atomic E-state index is 0.0362. The van der Waals surface area contributed by atoms with Crippen LogP contribution in [0.25, 0.3) is 17.4 Å². The normalized spacial score (nSPS) is 18.0. The second-order valence-corrected chi connectivity index (χ2v) is 12.8. The number of carbonyl (C=O) groups is 1. The van der Waals surface area contributed by atoms with E-state index in [0.717, 1.165) is 10.6 Å². The number of amides is 1. The molecule has 2 aromatic rings. The largest absolute Gasteiger partial charge is 0.497 e. The third-order valence-corrected chi connectivity index (χ3v) is 8.87. The van der Waals surface area contributed by atoms with Gasteiger partial charge in [0.2, 0.25) is 25.4 Å². The van der Waals surface area contributed by atoms with Crippen LogP contribution in [0, 0.1) is 11.7 Å². The lowest BCUT2D eigenvalue weighted by atomic mass is 9.97. The Bertz CT molecular complexity index is 1520. The van der Waals surface area contributed by atoms with Crippen molar-refractivity contribution < 1.29 is 43.6 Å². The van der Waals surface area contributed by atoms with Gasteiger partial charge in [-0.1, -0.05) is 13.0 Å². The zero-order chi connectivity index (χ0) is 28.5. The predicted octanol–water partition coefficient (Wildman–Crippen LogP) is 2.19. The van der Waals surface area contributed by atoms with Crippen LogP contribution in [0.5, 0.6) is 0 Å². The van der Waals surface area contributed by atoms with E-state index in [1.807, 2.05) is 0 Å². The summed E-state index contributed by atoms with van der Waals surface area (Å²) in [6.45, 7) is 1.49. The van der Waals surface area contributed by atoms with E-state index in [2.05, 4.69) is 10.3 Å². The maximum absolute atomic E-state index is 13.5. The molecule has 38 heavy (non-hydrogen) atoms. The molecule has 0 saturated carbocycles. The number of nitrogens with zero attached hydrogens (tertiary/aromatic N) is 2. The molecule has 1 aromatic heterocycles. The third kappa shape index (κ3) is 6.26. The maximum Gasteiger partial charge on any atom is 0.497 e. The molecule has 3 rings (SSSR count). The zero-order valence-corrected chi connectivity index (χ0v) is 22.4. The summed E-state index contributed by atoms with van der Waals surface area (Å²) >= 11 is 0. The summed E-state index contributed by atoms with van der Waals surface area (Å²) in [5.41, 5.74) is -4.90. The highest BCUT2D eigenvalue weighted by atomic mass is 32.2. The second kappa shape index (κ2) is 11.1. The van der Waals surface area contributed by atoms with Crippen LogP contribution in [-0.4, -0.2) is 64.3 Å². The molecule has 1 aromatic carbocycles. The van der Waals surface area contributed by atoms with Crippen LogP contribution in [-0.2, 0) is 19.9 Å². The highest BCUT2D eigenvalue weighted by molar-refractivity contribution is 7.92. The fourth-order valence-corrected chi connectivity index (χ4v) is 6.00. The molecule has 1 aliphatic heterocycles. The van der Waals surface area contributed by atoms with Crippen molar-refractivity contribution in [1.29, 1.82) is 0 Å². The number of furan rings is 1. The smallest absolute Gasteiger partial charge is 0.437 e. The van der Waals surface area contributed by atoms with E-state index in [9.17, 15) is 39.2 Å². The van der Waals surface area contributed by atoms with E-state index in [1.54, 1.807) is 13.0 Å². The van der Waals surface area contributed by atoms with Crippen molar-refractivity contribution in [3.8, 4) is 11.3 Å². The fourth-order valence-electron chi connectivity index (χ4n) is 4.13. The Labute approximate surface area is 217 Å². The highest BCUT2D eigenvalue weighted by Gasteiger charge is 2.44. The Morgan fingerprint density at radius 3 is 2.29 bits per heavy atom. The molecule has 1 aliphatic rings. The molecule has 0 radical (unpaired) electrons. The second-order valence-electron chi connectivity index (χ2n) is 8.74. The number of nitrogens with one attached hydrogen (secondary N) is 1. The summed E-state index contributed by atoms with van der Waals surface area (Å²) in [7, 11) is -7.86. The number of carbonyl (C=O) groups excluding carboxylic acids is 1. The number of sulfonamides is 1. The van der Waals surface area contributed by atoms with Crippen molar-refractivity contribution >= 4 is 31.8 Å². The first-order valence-corrected chi connectivity index (χ1v) is 15.1. The van der Waals surface area contributed by atoms with Crippen molar-refractivity contribution in [1.82, 2.24) is 9.62 Å². The van der Waals surface area contributed by atoms with Crippen LogP contribution >= 0.6 is 0 Å². The van der Waals surface area contributed by atoms with Crippen molar-refractivity contribution in [3.05, 3.63) is 46.4 Å². The van der Waals surface area contributed by atoms with E-state index in [4.69, 9.17) is 4.42 Å². The van der Waals surface area contributed by atoms with Crippen molar-refractivity contribution in [3.63, 3.8) is 0 Å². The summed E-state index contributed by atoms with van der Waals surface area (Å²) < 4.78 is 106. The molecule has 2 atom stereocenters. The molecule has 0 aliphatic carbocycles. The summed E-state index contributed by atoms with van der Waals surface area (Å²) in [5.74, 6) is -2.61. The molecule has 0 fully saturated rings. The number of benzene rings is 1. The number of sulfone groups is 1. The Hall–Kier alpha value is -2.78. The molecular formula is C23H27F4N3O6S2. The van der Waals surface area contributed by atoms with Gasteiger partial charge in [0.25, 0.3) is 5.91 Å². The van der Waals surface area contributed by atoms with Crippen LogP contribution in [0.1, 0.15) is 36.5 Å². The molecule has 1 N–H and O–H groups in total. The number of unbranched alkanes of at least 4 members (excludes halogenated alkanes) is 1. The lowest BCUT2D eigenvalue weighted by Gasteiger charge is -2.31. The van der Waals surface area contributed by atoms with Crippen molar-refractivity contribution in [2.45, 2.75) is 37.9 Å². The SMILES string of the molecule is CCC1C=c2c(C(=O)NC)c(-c3ccc(F)cc3)oc2=NC1N(CCCCS(=O)(=O)C(F)(F)F)S(C)(=O)=O. The molecule has 0 bridgehead atoms. The Balaban J connectivity index is 2.02. The van der Waals surface area contributed by atoms with Gasteiger partial charge in [-0.05, 0) is 43.5 Å². The van der Waals surface area contributed by atoms with E-state index in [0.29, 0.717) is 17.2 Å². The number of fused-ring (bicyclic) bond motifs is 1. The fraction of sp³-hybridized carbons (Fsp3) is 0.478. The maximum atomic E-state index is 13.5. The number of hydrogen-bond donors (Lipinski definition) is 1. The minimum Gasteiger partial charge on any atom is -0.437 e. The average Bonchev–Trinajstić information content (AvgIpc) is 3.19. The molecule has 2 heterocycles. The Kier molecular flexibility index (Phi) is 8.73. The Morgan fingerprint density at radius 1 is 1.13 bits per heavy atom. The van der Waals surface area contributed by atoms with Gasteiger partial charge in [-0.15, -0.1) is 0 Å². The average molecular weight is 582 g/mol. The molecule has 2 unspecified atom stereocenters. The minimum atomic E-state index is -5.38. The molecule has 1 amide bonds. The number of alkyl halides is 3. The predicted molar refractivity (Wildman–Crippen MR) is 131 cm³/mol. The van der Waals surface area contributed by atoms with Gasteiger partial charge in [0, 0.05) is 30.3 Å². The quantitative estimate of drug-likeness (QED) is 0.339. The first-order chi connectivity index (χ1) is 17.6. The van der Waals surface area contributed by atoms with E-state index < -0.39 is 61.4 Å². The molecule has 0 spiro atoms. The van der Waals surface area contributed by atoms with Crippen LogP contribution in [0.2, 0.25) is 0 Å². The standard InChI is InChI=1S/C23H27F4N3O6S2/c1-4-14-13-17-18(21(31)28-2)19(15-7-9-16(24)10-8-15)36-22(17)29-20(14)30(37(3,32)33)11-5-6-12-38(34,35)23(25,26)27/h7-10,13-14,20H,4-6,11-12H2,1-3H3,(H,28,31). The van der Waals surface area contributed by atoms with Gasteiger partial charge in [-0.3, -0.25) is 4.79 Å². The highest BCUT2D eigenvalue weighted by Crippen LogP contribution is 2.27. The summed E-state index contributed by atoms with van der Waals surface area (Å²) in [5, 5.41) is 2.85. The molecule has 0 saturated heterocycles. The van der Waals surface area contributed by atoms with E-state index >= 15 is 0 Å². The van der Waals surface area contributed by atoms with Crippen molar-refractivity contribution in [2.75, 3.05) is 25.6 Å². The first kappa shape index (κ1) is 29.8. The van der Waals surface area contributed by atoms with Gasteiger partial charge in [0.1, 0.15) is 17.7 Å². The van der Waals surface area contributed by atoms with Gasteiger partial charge in [0.05, 0.1) is 17.6 Å². The third-order valence-electron chi connectivity index (χ3n) is 6.09. The summed E-state index contributed by atoms with van der Waals surface area (Å²) in [4.78, 5) is 17.2. The Morgan fingerprint density at radius 2 is 1.76 bits per heavy atom. The number of halogens is 4. The first-order valence-electron chi connectivity index (χ1n) is 11.6.